The highest BCUT2D eigenvalue weighted by Crippen LogP contribution is 2.16. The van der Waals surface area contributed by atoms with Crippen LogP contribution in [0.2, 0.25) is 5.15 Å². The average Bonchev–Trinajstić information content (AvgIpc) is 2.15. The highest BCUT2D eigenvalue weighted by molar-refractivity contribution is 6.29. The van der Waals surface area contributed by atoms with E-state index in [9.17, 15) is 0 Å². The standard InChI is InChI=1S/C11H16ClNO/c1-3-4-9(2)8-14-10-5-6-13-11(12)7-10/h5-7,9H,3-4,8H2,1-2H3. The number of hydrogen-bond donors (Lipinski definition) is 0. The van der Waals surface area contributed by atoms with Crippen LogP contribution in [0.4, 0.5) is 0 Å². The third kappa shape index (κ3) is 3.97. The summed E-state index contributed by atoms with van der Waals surface area (Å²) in [5, 5.41) is 0.477. The average molecular weight is 214 g/mol. The summed E-state index contributed by atoms with van der Waals surface area (Å²) in [7, 11) is 0. The molecule has 0 spiro atoms. The van der Waals surface area contributed by atoms with Gasteiger partial charge in [-0.2, -0.15) is 0 Å². The molecule has 14 heavy (non-hydrogen) atoms. The van der Waals surface area contributed by atoms with Gasteiger partial charge in [0.1, 0.15) is 10.9 Å². The van der Waals surface area contributed by atoms with E-state index in [4.69, 9.17) is 16.3 Å². The molecule has 78 valence electrons. The summed E-state index contributed by atoms with van der Waals surface area (Å²) >= 11 is 5.73. The lowest BCUT2D eigenvalue weighted by molar-refractivity contribution is 0.251. The van der Waals surface area contributed by atoms with E-state index in [-0.39, 0.29) is 0 Å². The van der Waals surface area contributed by atoms with Crippen LogP contribution in [0.15, 0.2) is 18.3 Å². The number of rotatable bonds is 5. The number of pyridine rings is 1. The van der Waals surface area contributed by atoms with Crippen molar-refractivity contribution >= 4 is 11.6 Å². The highest BCUT2D eigenvalue weighted by Gasteiger charge is 2.02. The van der Waals surface area contributed by atoms with Crippen molar-refractivity contribution in [3.63, 3.8) is 0 Å². The summed E-state index contributed by atoms with van der Waals surface area (Å²) in [5.41, 5.74) is 0. The van der Waals surface area contributed by atoms with Crippen LogP contribution >= 0.6 is 11.6 Å². The van der Waals surface area contributed by atoms with Crippen molar-refractivity contribution in [2.45, 2.75) is 26.7 Å². The first-order chi connectivity index (χ1) is 6.72. The van der Waals surface area contributed by atoms with Crippen molar-refractivity contribution in [3.8, 4) is 5.75 Å². The third-order valence-corrected chi connectivity index (χ3v) is 2.22. The molecule has 0 aliphatic carbocycles. The van der Waals surface area contributed by atoms with Gasteiger partial charge < -0.3 is 4.74 Å². The van der Waals surface area contributed by atoms with Crippen molar-refractivity contribution < 1.29 is 4.74 Å². The van der Waals surface area contributed by atoms with Crippen LogP contribution in [-0.4, -0.2) is 11.6 Å². The van der Waals surface area contributed by atoms with Gasteiger partial charge in [0.15, 0.2) is 0 Å². The number of hydrogen-bond acceptors (Lipinski definition) is 2. The van der Waals surface area contributed by atoms with Gasteiger partial charge >= 0.3 is 0 Å². The number of halogens is 1. The molecule has 0 bridgehead atoms. The predicted octanol–water partition coefficient (Wildman–Crippen LogP) is 3.55. The summed E-state index contributed by atoms with van der Waals surface area (Å²) in [5.74, 6) is 1.39. The van der Waals surface area contributed by atoms with Crippen molar-refractivity contribution in [2.24, 2.45) is 5.92 Å². The summed E-state index contributed by atoms with van der Waals surface area (Å²) in [6.45, 7) is 5.11. The van der Waals surface area contributed by atoms with E-state index in [0.717, 1.165) is 12.4 Å². The minimum absolute atomic E-state index is 0.477. The zero-order chi connectivity index (χ0) is 10.4. The Morgan fingerprint density at radius 1 is 1.57 bits per heavy atom. The lowest BCUT2D eigenvalue weighted by atomic mass is 10.1. The number of aromatic nitrogens is 1. The molecule has 0 saturated carbocycles. The molecule has 0 aliphatic rings. The second-order valence-corrected chi connectivity index (χ2v) is 3.91. The van der Waals surface area contributed by atoms with Gasteiger partial charge in [-0.15, -0.1) is 0 Å². The van der Waals surface area contributed by atoms with Gasteiger partial charge in [-0.25, -0.2) is 4.98 Å². The molecule has 0 aromatic carbocycles. The number of nitrogens with zero attached hydrogens (tertiary/aromatic N) is 1. The van der Waals surface area contributed by atoms with E-state index in [1.165, 1.54) is 12.8 Å². The van der Waals surface area contributed by atoms with Crippen LogP contribution in [-0.2, 0) is 0 Å². The maximum absolute atomic E-state index is 5.73. The first kappa shape index (κ1) is 11.3. The normalized spacial score (nSPS) is 12.5. The molecule has 0 radical (unpaired) electrons. The lowest BCUT2D eigenvalue weighted by Crippen LogP contribution is -2.08. The molecule has 0 aliphatic heterocycles. The van der Waals surface area contributed by atoms with E-state index in [0.29, 0.717) is 11.1 Å². The summed E-state index contributed by atoms with van der Waals surface area (Å²) in [4.78, 5) is 3.89. The lowest BCUT2D eigenvalue weighted by Gasteiger charge is -2.11. The van der Waals surface area contributed by atoms with E-state index in [1.807, 2.05) is 6.07 Å². The molecule has 1 aromatic rings. The van der Waals surface area contributed by atoms with Gasteiger partial charge in [0.25, 0.3) is 0 Å². The van der Waals surface area contributed by atoms with Crippen LogP contribution in [0.25, 0.3) is 0 Å². The van der Waals surface area contributed by atoms with Gasteiger partial charge in [0, 0.05) is 12.3 Å². The summed E-state index contributed by atoms with van der Waals surface area (Å²) in [6.07, 6.45) is 4.04. The van der Waals surface area contributed by atoms with Crippen LogP contribution in [0, 0.1) is 5.92 Å². The molecule has 1 aromatic heterocycles. The van der Waals surface area contributed by atoms with Crippen LogP contribution in [0.1, 0.15) is 26.7 Å². The Bertz CT molecular complexity index is 278. The quantitative estimate of drug-likeness (QED) is 0.698. The van der Waals surface area contributed by atoms with E-state index >= 15 is 0 Å². The van der Waals surface area contributed by atoms with E-state index in [2.05, 4.69) is 18.8 Å². The van der Waals surface area contributed by atoms with E-state index in [1.54, 1.807) is 12.3 Å². The second-order valence-electron chi connectivity index (χ2n) is 3.52. The third-order valence-electron chi connectivity index (χ3n) is 2.01. The Hall–Kier alpha value is -0.760. The summed E-state index contributed by atoms with van der Waals surface area (Å²) < 4.78 is 5.58. The Labute approximate surface area is 90.3 Å². The molecule has 0 saturated heterocycles. The topological polar surface area (TPSA) is 22.1 Å². The fraction of sp³-hybridized carbons (Fsp3) is 0.545. The molecule has 0 N–H and O–H groups in total. The maximum atomic E-state index is 5.73. The predicted molar refractivity (Wildman–Crippen MR) is 58.8 cm³/mol. The molecule has 1 atom stereocenters. The molecular weight excluding hydrogens is 198 g/mol. The van der Waals surface area contributed by atoms with Crippen LogP contribution in [0.3, 0.4) is 0 Å². The molecule has 1 unspecified atom stereocenters. The zero-order valence-corrected chi connectivity index (χ0v) is 9.42. The first-order valence-electron chi connectivity index (χ1n) is 4.96. The van der Waals surface area contributed by atoms with Crippen molar-refractivity contribution in [2.75, 3.05) is 6.61 Å². The Balaban J connectivity index is 2.37. The number of ether oxygens (including phenoxy) is 1. The molecule has 2 nitrogen and oxygen atoms in total. The maximum Gasteiger partial charge on any atom is 0.132 e. The fourth-order valence-corrected chi connectivity index (χ4v) is 1.45. The van der Waals surface area contributed by atoms with Gasteiger partial charge in [-0.3, -0.25) is 0 Å². The van der Waals surface area contributed by atoms with Gasteiger partial charge in [0.05, 0.1) is 6.61 Å². The minimum Gasteiger partial charge on any atom is -0.493 e. The molecular formula is C11H16ClNO. The van der Waals surface area contributed by atoms with Crippen LogP contribution < -0.4 is 4.74 Å². The fourth-order valence-electron chi connectivity index (χ4n) is 1.29. The summed E-state index contributed by atoms with van der Waals surface area (Å²) in [6, 6.07) is 3.56. The Morgan fingerprint density at radius 3 is 3.00 bits per heavy atom. The molecule has 0 amide bonds. The molecule has 0 fully saturated rings. The van der Waals surface area contributed by atoms with E-state index < -0.39 is 0 Å². The molecule has 1 rings (SSSR count). The van der Waals surface area contributed by atoms with Crippen molar-refractivity contribution in [3.05, 3.63) is 23.5 Å². The monoisotopic (exact) mass is 213 g/mol. The Kier molecular flexibility index (Phi) is 4.74. The first-order valence-corrected chi connectivity index (χ1v) is 5.34. The van der Waals surface area contributed by atoms with Crippen molar-refractivity contribution in [1.29, 1.82) is 0 Å². The minimum atomic E-state index is 0.477. The smallest absolute Gasteiger partial charge is 0.132 e. The van der Waals surface area contributed by atoms with Gasteiger partial charge in [-0.05, 0) is 18.4 Å². The van der Waals surface area contributed by atoms with Crippen LogP contribution in [0.5, 0.6) is 5.75 Å². The SMILES string of the molecule is CCCC(C)COc1ccnc(Cl)c1. The van der Waals surface area contributed by atoms with Gasteiger partial charge in [-0.1, -0.05) is 31.9 Å². The molecule has 3 heteroatoms. The van der Waals surface area contributed by atoms with Crippen molar-refractivity contribution in [1.82, 2.24) is 4.98 Å². The Morgan fingerprint density at radius 2 is 2.36 bits per heavy atom. The largest absolute Gasteiger partial charge is 0.493 e. The second kappa shape index (κ2) is 5.86. The van der Waals surface area contributed by atoms with Gasteiger partial charge in [0.2, 0.25) is 0 Å². The molecule has 1 heterocycles. The highest BCUT2D eigenvalue weighted by atomic mass is 35.5. The zero-order valence-electron chi connectivity index (χ0n) is 8.66.